The van der Waals surface area contributed by atoms with Crippen molar-refractivity contribution >= 4 is 23.2 Å². The Morgan fingerprint density at radius 2 is 2.18 bits per heavy atom. The lowest BCUT2D eigenvalue weighted by atomic mass is 9.90. The molecule has 3 N–H and O–H groups in total. The third-order valence-corrected chi connectivity index (χ3v) is 2.91. The molecule has 5 nitrogen and oxygen atoms in total. The summed E-state index contributed by atoms with van der Waals surface area (Å²) < 4.78 is 5.07. The Morgan fingerprint density at radius 3 is 2.82 bits per heavy atom. The number of halogens is 1. The average Bonchev–Trinajstić information content (AvgIpc) is 2.29. The minimum absolute atomic E-state index is 0.0963. The lowest BCUT2D eigenvalue weighted by Crippen LogP contribution is -2.25. The van der Waals surface area contributed by atoms with Gasteiger partial charge in [-0.3, -0.25) is 0 Å². The highest BCUT2D eigenvalue weighted by Crippen LogP contribution is 2.26. The molecule has 1 aromatic rings. The van der Waals surface area contributed by atoms with Gasteiger partial charge < -0.3 is 15.8 Å². The zero-order chi connectivity index (χ0) is 12.9. The molecule has 0 aliphatic heterocycles. The summed E-state index contributed by atoms with van der Waals surface area (Å²) in [5, 5.41) is 3.55. The van der Waals surface area contributed by atoms with Crippen LogP contribution in [0.15, 0.2) is 6.33 Å². The van der Waals surface area contributed by atoms with Gasteiger partial charge in [-0.2, -0.15) is 0 Å². The first-order valence-corrected chi connectivity index (χ1v) is 5.83. The van der Waals surface area contributed by atoms with Gasteiger partial charge in [0.05, 0.1) is 0 Å². The van der Waals surface area contributed by atoms with Gasteiger partial charge >= 0.3 is 0 Å². The van der Waals surface area contributed by atoms with Crippen LogP contribution < -0.4 is 11.1 Å². The van der Waals surface area contributed by atoms with E-state index in [-0.39, 0.29) is 5.41 Å². The molecule has 0 bridgehead atoms. The van der Waals surface area contributed by atoms with Crippen LogP contribution in [0.25, 0.3) is 0 Å². The molecule has 1 aromatic heterocycles. The quantitative estimate of drug-likeness (QED) is 0.818. The fraction of sp³-hybridized carbons (Fsp3) is 0.636. The summed E-state index contributed by atoms with van der Waals surface area (Å²) in [6.07, 6.45) is 2.35. The number of nitrogens with two attached hydrogens (primary N) is 1. The zero-order valence-corrected chi connectivity index (χ0v) is 11.2. The highest BCUT2D eigenvalue weighted by Gasteiger charge is 2.18. The Hall–Kier alpha value is -1.07. The molecule has 1 rings (SSSR count). The highest BCUT2D eigenvalue weighted by atomic mass is 35.5. The minimum Gasteiger partial charge on any atom is -0.385 e. The second kappa shape index (κ2) is 6.02. The Labute approximate surface area is 107 Å². The van der Waals surface area contributed by atoms with E-state index in [1.807, 2.05) is 0 Å². The lowest BCUT2D eigenvalue weighted by Gasteiger charge is -2.25. The predicted molar refractivity (Wildman–Crippen MR) is 70.2 cm³/mol. The largest absolute Gasteiger partial charge is 0.385 e. The van der Waals surface area contributed by atoms with E-state index in [2.05, 4.69) is 29.1 Å². The maximum atomic E-state index is 5.99. The van der Waals surface area contributed by atoms with Crippen LogP contribution in [0.2, 0.25) is 5.02 Å². The van der Waals surface area contributed by atoms with Gasteiger partial charge in [0.1, 0.15) is 23.0 Å². The molecule has 0 aliphatic carbocycles. The van der Waals surface area contributed by atoms with Crippen molar-refractivity contribution < 1.29 is 4.74 Å². The normalized spacial score (nSPS) is 11.5. The molecule has 17 heavy (non-hydrogen) atoms. The van der Waals surface area contributed by atoms with Gasteiger partial charge in [0.2, 0.25) is 0 Å². The van der Waals surface area contributed by atoms with Crippen LogP contribution in [0.5, 0.6) is 0 Å². The molecule has 0 saturated carbocycles. The SMILES string of the molecule is COCCC(C)(C)CNc1ncnc(N)c1Cl. The van der Waals surface area contributed by atoms with Crippen LogP contribution in [-0.2, 0) is 4.74 Å². The molecule has 1 heterocycles. The van der Waals surface area contributed by atoms with Gasteiger partial charge in [-0.1, -0.05) is 25.4 Å². The number of ether oxygens (including phenoxy) is 1. The Kier molecular flexibility index (Phi) is 4.96. The van der Waals surface area contributed by atoms with Gasteiger partial charge in [-0.25, -0.2) is 9.97 Å². The third kappa shape index (κ3) is 4.36. The number of hydrogen-bond donors (Lipinski definition) is 2. The fourth-order valence-corrected chi connectivity index (χ4v) is 1.46. The van der Waals surface area contributed by atoms with Gasteiger partial charge in [0.15, 0.2) is 0 Å². The second-order valence-corrected chi connectivity index (χ2v) is 5.06. The minimum atomic E-state index is 0.0963. The number of rotatable bonds is 6. The second-order valence-electron chi connectivity index (χ2n) is 4.68. The topological polar surface area (TPSA) is 73.1 Å². The Morgan fingerprint density at radius 1 is 1.47 bits per heavy atom. The van der Waals surface area contributed by atoms with E-state index in [1.165, 1.54) is 6.33 Å². The first-order chi connectivity index (χ1) is 7.96. The first-order valence-electron chi connectivity index (χ1n) is 5.45. The lowest BCUT2D eigenvalue weighted by molar-refractivity contribution is 0.157. The summed E-state index contributed by atoms with van der Waals surface area (Å²) in [5.74, 6) is 0.864. The number of anilines is 2. The van der Waals surface area contributed by atoms with E-state index >= 15 is 0 Å². The summed E-state index contributed by atoms with van der Waals surface area (Å²) in [5.41, 5.74) is 5.69. The number of aromatic nitrogens is 2. The maximum absolute atomic E-state index is 5.99. The molecule has 0 unspecified atom stereocenters. The maximum Gasteiger partial charge on any atom is 0.150 e. The number of nitrogens with one attached hydrogen (secondary N) is 1. The van der Waals surface area contributed by atoms with E-state index in [0.717, 1.165) is 19.6 Å². The van der Waals surface area contributed by atoms with Crippen molar-refractivity contribution in [3.63, 3.8) is 0 Å². The molecule has 0 fully saturated rings. The van der Waals surface area contributed by atoms with E-state index in [4.69, 9.17) is 22.1 Å². The highest BCUT2D eigenvalue weighted by molar-refractivity contribution is 6.35. The monoisotopic (exact) mass is 258 g/mol. The van der Waals surface area contributed by atoms with Crippen molar-refractivity contribution in [2.75, 3.05) is 31.3 Å². The molecule has 0 aliphatic rings. The Bertz CT molecular complexity index is 370. The van der Waals surface area contributed by atoms with E-state index in [0.29, 0.717) is 16.7 Å². The van der Waals surface area contributed by atoms with Crippen LogP contribution in [0.4, 0.5) is 11.6 Å². The molecule has 0 spiro atoms. The molecule has 0 saturated heterocycles. The number of hydrogen-bond acceptors (Lipinski definition) is 5. The summed E-state index contributed by atoms with van der Waals surface area (Å²) in [4.78, 5) is 7.87. The van der Waals surface area contributed by atoms with Gasteiger partial charge in [0, 0.05) is 20.3 Å². The molecule has 0 aromatic carbocycles. The summed E-state index contributed by atoms with van der Waals surface area (Å²) in [6.45, 7) is 5.77. The molecular weight excluding hydrogens is 240 g/mol. The molecule has 0 radical (unpaired) electrons. The average molecular weight is 259 g/mol. The van der Waals surface area contributed by atoms with Crippen molar-refractivity contribution in [2.45, 2.75) is 20.3 Å². The fourth-order valence-electron chi connectivity index (χ4n) is 1.30. The van der Waals surface area contributed by atoms with Crippen molar-refractivity contribution in [3.05, 3.63) is 11.3 Å². The number of nitrogen functional groups attached to an aromatic ring is 1. The standard InChI is InChI=1S/C11H19ClN4O/c1-11(2,4-5-17-3)6-14-10-8(12)9(13)15-7-16-10/h7H,4-6H2,1-3H3,(H3,13,14,15,16). The van der Waals surface area contributed by atoms with Crippen molar-refractivity contribution in [1.82, 2.24) is 9.97 Å². The van der Waals surface area contributed by atoms with Crippen LogP contribution in [0, 0.1) is 5.41 Å². The molecular formula is C11H19ClN4O. The van der Waals surface area contributed by atoms with Gasteiger partial charge in [-0.15, -0.1) is 0 Å². The van der Waals surface area contributed by atoms with Crippen molar-refractivity contribution in [2.24, 2.45) is 5.41 Å². The van der Waals surface area contributed by atoms with E-state index in [9.17, 15) is 0 Å². The predicted octanol–water partition coefficient (Wildman–Crippen LogP) is 2.19. The summed E-state index contributed by atoms with van der Waals surface area (Å²) in [7, 11) is 1.70. The van der Waals surface area contributed by atoms with Gasteiger partial charge in [0.25, 0.3) is 0 Å². The van der Waals surface area contributed by atoms with Crippen molar-refractivity contribution in [3.8, 4) is 0 Å². The first kappa shape index (κ1) is 14.0. The molecule has 6 heteroatoms. The summed E-state index contributed by atoms with van der Waals surface area (Å²) >= 11 is 5.99. The third-order valence-electron chi connectivity index (χ3n) is 2.53. The zero-order valence-electron chi connectivity index (χ0n) is 10.5. The summed E-state index contributed by atoms with van der Waals surface area (Å²) in [6, 6.07) is 0. The van der Waals surface area contributed by atoms with E-state index in [1.54, 1.807) is 7.11 Å². The molecule has 0 atom stereocenters. The Balaban J connectivity index is 2.58. The number of nitrogens with zero attached hydrogens (tertiary/aromatic N) is 2. The van der Waals surface area contributed by atoms with Gasteiger partial charge in [-0.05, 0) is 11.8 Å². The van der Waals surface area contributed by atoms with Crippen LogP contribution in [0.3, 0.4) is 0 Å². The van der Waals surface area contributed by atoms with Crippen LogP contribution in [-0.4, -0.2) is 30.2 Å². The smallest absolute Gasteiger partial charge is 0.150 e. The molecule has 0 amide bonds. The van der Waals surface area contributed by atoms with Crippen LogP contribution >= 0.6 is 11.6 Å². The number of methoxy groups -OCH3 is 1. The molecule has 96 valence electrons. The van der Waals surface area contributed by atoms with Crippen LogP contribution in [0.1, 0.15) is 20.3 Å². The van der Waals surface area contributed by atoms with E-state index < -0.39 is 0 Å². The van der Waals surface area contributed by atoms with Crippen molar-refractivity contribution in [1.29, 1.82) is 0 Å².